The molecule has 0 radical (unpaired) electrons. The van der Waals surface area contributed by atoms with Crippen LogP contribution in [0.3, 0.4) is 0 Å². The van der Waals surface area contributed by atoms with E-state index in [9.17, 15) is 34.7 Å². The number of aliphatic carboxylic acids is 1. The monoisotopic (exact) mass is 613 g/mol. The summed E-state index contributed by atoms with van der Waals surface area (Å²) in [6, 6.07) is 13.6. The topological polar surface area (TPSA) is 150 Å². The van der Waals surface area contributed by atoms with Crippen molar-refractivity contribution in [1.29, 1.82) is 0 Å². The minimum atomic E-state index is -1.98. The van der Waals surface area contributed by atoms with Crippen LogP contribution in [-0.4, -0.2) is 38.5 Å². The Bertz CT molecular complexity index is 1550. The molecule has 0 aliphatic carbocycles. The summed E-state index contributed by atoms with van der Waals surface area (Å²) in [6.45, 7) is 1.77. The molecule has 10 nitrogen and oxygen atoms in total. The molecule has 2 aliphatic heterocycles. The van der Waals surface area contributed by atoms with Crippen molar-refractivity contribution in [2.75, 3.05) is 4.90 Å². The van der Waals surface area contributed by atoms with Crippen LogP contribution in [0.4, 0.5) is 11.4 Å². The number of imide groups is 1. The second-order valence-electron chi connectivity index (χ2n) is 9.65. The number of carbonyl (C=O) groups is 3. The number of aryl methyl sites for hydroxylation is 1. The molecule has 0 aromatic heterocycles. The first-order chi connectivity index (χ1) is 18.4. The van der Waals surface area contributed by atoms with Crippen molar-refractivity contribution in [2.24, 2.45) is 11.8 Å². The third-order valence-corrected chi connectivity index (χ3v) is 8.30. The van der Waals surface area contributed by atoms with Gasteiger partial charge in [-0.15, -0.1) is 0 Å². The van der Waals surface area contributed by atoms with Crippen LogP contribution in [0.1, 0.15) is 22.7 Å². The van der Waals surface area contributed by atoms with Crippen molar-refractivity contribution in [2.45, 2.75) is 24.9 Å². The zero-order valence-electron chi connectivity index (χ0n) is 20.3. The van der Waals surface area contributed by atoms with Gasteiger partial charge in [0.25, 0.3) is 5.69 Å². The number of nitro benzene ring substituents is 1. The van der Waals surface area contributed by atoms with Crippen LogP contribution < -0.4 is 10.2 Å². The van der Waals surface area contributed by atoms with Gasteiger partial charge in [0, 0.05) is 39.7 Å². The van der Waals surface area contributed by atoms with Crippen LogP contribution in [0, 0.1) is 28.9 Å². The molecule has 3 aromatic rings. The summed E-state index contributed by atoms with van der Waals surface area (Å²) in [5.74, 6) is -5.44. The quantitative estimate of drug-likeness (QED) is 0.208. The number of carboxylic acid groups (broad SMARTS) is 1. The van der Waals surface area contributed by atoms with Gasteiger partial charge in [0.1, 0.15) is 11.3 Å². The Morgan fingerprint density at radius 1 is 1.13 bits per heavy atom. The number of phenolic OH excluding ortho intramolecular Hbond substituents is 1. The first kappa shape index (κ1) is 26.8. The van der Waals surface area contributed by atoms with Crippen molar-refractivity contribution >= 4 is 56.7 Å². The lowest BCUT2D eigenvalue weighted by Gasteiger charge is -2.31. The van der Waals surface area contributed by atoms with E-state index in [1.165, 1.54) is 36.4 Å². The number of anilines is 1. The number of amides is 2. The SMILES string of the molecule is Cc1ccc(N2C(=O)C3C(c4cc(Br)ccc4O)NC(Cc4ccc([N+](=O)[O-])cc4)(C(=O)O)C3C2=O)cc1Cl. The van der Waals surface area contributed by atoms with Gasteiger partial charge in [-0.1, -0.05) is 45.7 Å². The van der Waals surface area contributed by atoms with Crippen molar-refractivity contribution in [3.05, 3.63) is 97.0 Å². The number of halogens is 2. The molecule has 2 fully saturated rings. The summed E-state index contributed by atoms with van der Waals surface area (Å²) < 4.78 is 0.579. The Balaban J connectivity index is 1.67. The number of carboxylic acids is 1. The Hall–Kier alpha value is -3.80. The van der Waals surface area contributed by atoms with Gasteiger partial charge in [-0.05, 0) is 48.4 Å². The molecule has 200 valence electrons. The molecular weight excluding hydrogens is 594 g/mol. The third-order valence-electron chi connectivity index (χ3n) is 7.40. The zero-order valence-corrected chi connectivity index (χ0v) is 22.6. The molecule has 2 heterocycles. The van der Waals surface area contributed by atoms with Crippen LogP contribution in [0.25, 0.3) is 0 Å². The summed E-state index contributed by atoms with van der Waals surface area (Å²) in [5, 5.41) is 35.8. The molecular formula is C27H21BrClN3O7. The fourth-order valence-corrected chi connectivity index (χ4v) is 6.07. The molecule has 4 atom stereocenters. The second-order valence-corrected chi connectivity index (χ2v) is 11.0. The lowest BCUT2D eigenvalue weighted by atomic mass is 9.76. The fourth-order valence-electron chi connectivity index (χ4n) is 5.51. The van der Waals surface area contributed by atoms with Crippen LogP contribution >= 0.6 is 27.5 Å². The predicted octanol–water partition coefficient (Wildman–Crippen LogP) is 4.54. The Kier molecular flexibility index (Phi) is 6.69. The molecule has 39 heavy (non-hydrogen) atoms. The van der Waals surface area contributed by atoms with Crippen molar-refractivity contribution < 1.29 is 29.5 Å². The van der Waals surface area contributed by atoms with Crippen LogP contribution in [0.15, 0.2) is 65.1 Å². The maximum absolute atomic E-state index is 14.0. The van der Waals surface area contributed by atoms with Crippen molar-refractivity contribution in [1.82, 2.24) is 5.32 Å². The number of hydrogen-bond acceptors (Lipinski definition) is 7. The van der Waals surface area contributed by atoms with Crippen LogP contribution in [-0.2, 0) is 20.8 Å². The largest absolute Gasteiger partial charge is 0.508 e. The molecule has 0 bridgehead atoms. The highest BCUT2D eigenvalue weighted by atomic mass is 79.9. The smallest absolute Gasteiger partial charge is 0.325 e. The summed E-state index contributed by atoms with van der Waals surface area (Å²) in [6.07, 6.45) is -0.256. The van der Waals surface area contributed by atoms with E-state index >= 15 is 0 Å². The maximum Gasteiger partial charge on any atom is 0.325 e. The number of carbonyl (C=O) groups excluding carboxylic acids is 2. The number of nitrogens with one attached hydrogen (secondary N) is 1. The fraction of sp³-hybridized carbons (Fsp3) is 0.222. The summed E-state index contributed by atoms with van der Waals surface area (Å²) in [4.78, 5) is 52.4. The van der Waals surface area contributed by atoms with E-state index in [1.54, 1.807) is 31.2 Å². The summed E-state index contributed by atoms with van der Waals surface area (Å²) >= 11 is 9.63. The second kappa shape index (κ2) is 9.74. The lowest BCUT2D eigenvalue weighted by Crippen LogP contribution is -2.57. The third kappa shape index (κ3) is 4.36. The Morgan fingerprint density at radius 2 is 1.82 bits per heavy atom. The molecule has 5 rings (SSSR count). The highest BCUT2D eigenvalue weighted by molar-refractivity contribution is 9.10. The number of hydrogen-bond donors (Lipinski definition) is 3. The predicted molar refractivity (Wildman–Crippen MR) is 145 cm³/mol. The van der Waals surface area contributed by atoms with E-state index in [1.807, 2.05) is 0 Å². The molecule has 12 heteroatoms. The molecule has 2 amide bonds. The van der Waals surface area contributed by atoms with Crippen molar-refractivity contribution in [3.8, 4) is 5.75 Å². The highest BCUT2D eigenvalue weighted by Gasteiger charge is 2.69. The van der Waals surface area contributed by atoms with E-state index < -0.39 is 46.1 Å². The summed E-state index contributed by atoms with van der Waals surface area (Å²) in [5.41, 5.74) is -0.553. The van der Waals surface area contributed by atoms with Gasteiger partial charge in [0.05, 0.1) is 22.4 Å². The molecule has 2 saturated heterocycles. The molecule has 3 aromatic carbocycles. The highest BCUT2D eigenvalue weighted by Crippen LogP contribution is 2.52. The normalized spacial score (nSPS) is 24.2. The number of non-ortho nitro benzene ring substituents is 1. The van der Waals surface area contributed by atoms with E-state index in [-0.39, 0.29) is 29.1 Å². The van der Waals surface area contributed by atoms with Crippen LogP contribution in [0.2, 0.25) is 5.02 Å². The van der Waals surface area contributed by atoms with Gasteiger partial charge in [-0.2, -0.15) is 0 Å². The first-order valence-corrected chi connectivity index (χ1v) is 13.0. The maximum atomic E-state index is 14.0. The Labute approximate surface area is 235 Å². The molecule has 2 aliphatic rings. The van der Waals surface area contributed by atoms with Crippen molar-refractivity contribution in [3.63, 3.8) is 0 Å². The number of rotatable bonds is 6. The van der Waals surface area contributed by atoms with E-state index in [2.05, 4.69) is 21.2 Å². The van der Waals surface area contributed by atoms with Gasteiger partial charge in [-0.25, -0.2) is 4.90 Å². The number of nitro groups is 1. The zero-order chi connectivity index (χ0) is 28.2. The van der Waals surface area contributed by atoms with E-state index in [4.69, 9.17) is 11.6 Å². The molecule has 0 saturated carbocycles. The number of fused-ring (bicyclic) bond motifs is 1. The molecule has 0 spiro atoms. The van der Waals surface area contributed by atoms with Gasteiger partial charge >= 0.3 is 5.97 Å². The number of phenols is 1. The van der Waals surface area contributed by atoms with E-state index in [0.717, 1.165) is 10.5 Å². The average molecular weight is 615 g/mol. The lowest BCUT2D eigenvalue weighted by molar-refractivity contribution is -0.384. The standard InChI is InChI=1S/C27H21BrClN3O7/c1-13-2-6-17(11-19(13)29)31-24(34)21-22(25(31)35)27(26(36)37,12-14-3-7-16(8-4-14)32(38)39)30-23(21)18-10-15(28)5-9-20(18)33/h2-11,21-23,30,33H,12H2,1H3,(H,36,37). The summed E-state index contributed by atoms with van der Waals surface area (Å²) in [7, 11) is 0. The Morgan fingerprint density at radius 3 is 2.44 bits per heavy atom. The molecule has 3 N–H and O–H groups in total. The number of nitrogens with zero attached hydrogens (tertiary/aromatic N) is 2. The van der Waals surface area contributed by atoms with Gasteiger partial charge in [0.15, 0.2) is 0 Å². The first-order valence-electron chi connectivity index (χ1n) is 11.8. The average Bonchev–Trinajstić information content (AvgIpc) is 3.36. The van der Waals surface area contributed by atoms with Gasteiger partial charge in [0.2, 0.25) is 11.8 Å². The van der Waals surface area contributed by atoms with Gasteiger partial charge in [-0.3, -0.25) is 29.8 Å². The molecule has 4 unspecified atom stereocenters. The minimum absolute atomic E-state index is 0.174. The van der Waals surface area contributed by atoms with Gasteiger partial charge < -0.3 is 10.2 Å². The van der Waals surface area contributed by atoms with E-state index in [0.29, 0.717) is 15.1 Å². The minimum Gasteiger partial charge on any atom is -0.508 e. The number of aromatic hydroxyl groups is 1. The van der Waals surface area contributed by atoms with Crippen LogP contribution in [0.5, 0.6) is 5.75 Å². The number of benzene rings is 3.